The Balaban J connectivity index is 1.82. The first kappa shape index (κ1) is 22.2. The van der Waals surface area contributed by atoms with E-state index in [1.165, 1.54) is 31.4 Å². The number of carbonyl (C=O) groups is 2. The molecule has 10 nitrogen and oxygen atoms in total. The zero-order valence-corrected chi connectivity index (χ0v) is 17.2. The van der Waals surface area contributed by atoms with E-state index < -0.39 is 48.9 Å². The van der Waals surface area contributed by atoms with Gasteiger partial charge < -0.3 is 39.7 Å². The highest BCUT2D eigenvalue weighted by molar-refractivity contribution is 6.30. The molecule has 1 heterocycles. The number of aliphatic hydroxyl groups is 4. The second-order valence-corrected chi connectivity index (χ2v) is 7.73. The average molecular weight is 446 g/mol. The molecule has 0 radical (unpaired) electrons. The molecule has 1 saturated heterocycles. The molecule has 5 atom stereocenters. The standard InChI is InChI=1S/C22H22O10/c1-8-3-10-15(12(24)4-8)19(27)16-11(17(10)25)5-9(30-2)6-13(16)31-22-21(29)20(28)18(26)14(7-23)32-22/h3-6,14,18,20-24,26,28-29H,7H2,1-2H3/t14?,18-,20?,21?,22-/m0/s1. The van der Waals surface area contributed by atoms with Crippen molar-refractivity contribution in [2.24, 2.45) is 0 Å². The number of hydrogen-bond acceptors (Lipinski definition) is 10. The van der Waals surface area contributed by atoms with Gasteiger partial charge in [-0.15, -0.1) is 0 Å². The third kappa shape index (κ3) is 3.42. The summed E-state index contributed by atoms with van der Waals surface area (Å²) in [5.41, 5.74) is 0.223. The normalized spacial score (nSPS) is 27.0. The molecule has 2 aromatic carbocycles. The minimum absolute atomic E-state index is 0.0343. The number of carbonyl (C=O) groups excluding carboxylic acids is 2. The van der Waals surface area contributed by atoms with Gasteiger partial charge in [-0.05, 0) is 30.7 Å². The van der Waals surface area contributed by atoms with Gasteiger partial charge in [0, 0.05) is 17.2 Å². The number of aliphatic hydroxyl groups excluding tert-OH is 4. The van der Waals surface area contributed by atoms with Crippen LogP contribution in [0.25, 0.3) is 0 Å². The summed E-state index contributed by atoms with van der Waals surface area (Å²) in [6.07, 6.45) is -7.84. The first-order valence-corrected chi connectivity index (χ1v) is 9.80. The summed E-state index contributed by atoms with van der Waals surface area (Å²) in [5, 5.41) is 50.0. The number of ether oxygens (including phenoxy) is 3. The maximum absolute atomic E-state index is 13.3. The van der Waals surface area contributed by atoms with Gasteiger partial charge in [0.1, 0.15) is 41.7 Å². The van der Waals surface area contributed by atoms with E-state index >= 15 is 0 Å². The van der Waals surface area contributed by atoms with Crippen molar-refractivity contribution in [1.82, 2.24) is 0 Å². The minimum atomic E-state index is -1.73. The molecular weight excluding hydrogens is 424 g/mol. The molecule has 2 aliphatic rings. The molecule has 10 heteroatoms. The predicted octanol–water partition coefficient (Wildman–Crippen LogP) is -0.337. The molecular formula is C22H22O10. The van der Waals surface area contributed by atoms with Gasteiger partial charge in [0.15, 0.2) is 5.78 Å². The first-order chi connectivity index (χ1) is 15.2. The van der Waals surface area contributed by atoms with E-state index in [4.69, 9.17) is 14.2 Å². The van der Waals surface area contributed by atoms with Gasteiger partial charge in [0.2, 0.25) is 12.1 Å². The van der Waals surface area contributed by atoms with Crippen molar-refractivity contribution in [3.05, 3.63) is 52.1 Å². The molecule has 2 aromatic rings. The van der Waals surface area contributed by atoms with Crippen LogP contribution < -0.4 is 9.47 Å². The Bertz CT molecular complexity index is 1090. The summed E-state index contributed by atoms with van der Waals surface area (Å²) in [4.78, 5) is 26.5. The Kier molecular flexibility index (Phi) is 5.65. The van der Waals surface area contributed by atoms with Crippen molar-refractivity contribution in [1.29, 1.82) is 0 Å². The lowest BCUT2D eigenvalue weighted by Crippen LogP contribution is -2.60. The molecule has 0 saturated carbocycles. The quantitative estimate of drug-likeness (QED) is 0.358. The summed E-state index contributed by atoms with van der Waals surface area (Å²) in [6.45, 7) is 1.01. The Morgan fingerprint density at radius 1 is 0.938 bits per heavy atom. The molecule has 0 aromatic heterocycles. The maximum atomic E-state index is 13.3. The Morgan fingerprint density at radius 2 is 1.62 bits per heavy atom. The predicted molar refractivity (Wildman–Crippen MR) is 107 cm³/mol. The molecule has 170 valence electrons. The van der Waals surface area contributed by atoms with E-state index in [2.05, 4.69) is 0 Å². The number of benzene rings is 2. The topological polar surface area (TPSA) is 163 Å². The van der Waals surface area contributed by atoms with E-state index in [9.17, 15) is 35.1 Å². The highest BCUT2D eigenvalue weighted by atomic mass is 16.7. The van der Waals surface area contributed by atoms with Crippen LogP contribution in [0.3, 0.4) is 0 Å². The van der Waals surface area contributed by atoms with Crippen LogP contribution in [0, 0.1) is 6.92 Å². The Morgan fingerprint density at radius 3 is 2.28 bits per heavy atom. The van der Waals surface area contributed by atoms with Gasteiger partial charge in [0.05, 0.1) is 24.8 Å². The van der Waals surface area contributed by atoms with Gasteiger partial charge in [-0.2, -0.15) is 0 Å². The Labute approximate surface area is 182 Å². The van der Waals surface area contributed by atoms with E-state index in [0.29, 0.717) is 5.56 Å². The number of phenolic OH excluding ortho intramolecular Hbond substituents is 1. The molecule has 5 N–H and O–H groups in total. The highest BCUT2D eigenvalue weighted by Gasteiger charge is 2.45. The molecule has 0 spiro atoms. The highest BCUT2D eigenvalue weighted by Crippen LogP contribution is 2.40. The lowest BCUT2D eigenvalue weighted by Gasteiger charge is -2.39. The second-order valence-electron chi connectivity index (χ2n) is 7.73. The second kappa shape index (κ2) is 8.15. The van der Waals surface area contributed by atoms with Crippen LogP contribution in [-0.2, 0) is 4.74 Å². The fourth-order valence-electron chi connectivity index (χ4n) is 3.96. The number of hydrogen-bond donors (Lipinski definition) is 5. The van der Waals surface area contributed by atoms with Crippen molar-refractivity contribution in [2.45, 2.75) is 37.6 Å². The molecule has 1 aliphatic carbocycles. The van der Waals surface area contributed by atoms with Gasteiger partial charge in [-0.25, -0.2) is 0 Å². The molecule has 1 aliphatic heterocycles. The number of rotatable bonds is 4. The zero-order valence-electron chi connectivity index (χ0n) is 17.2. The van der Waals surface area contributed by atoms with Gasteiger partial charge in [0.25, 0.3) is 0 Å². The Hall–Kier alpha value is -3.02. The number of fused-ring (bicyclic) bond motifs is 2. The minimum Gasteiger partial charge on any atom is -0.507 e. The summed E-state index contributed by atoms with van der Waals surface area (Å²) in [5.74, 6) is -1.61. The molecule has 32 heavy (non-hydrogen) atoms. The van der Waals surface area contributed by atoms with Crippen LogP contribution >= 0.6 is 0 Å². The summed E-state index contributed by atoms with van der Waals surface area (Å²) < 4.78 is 16.2. The average Bonchev–Trinajstić information content (AvgIpc) is 2.76. The number of phenols is 1. The molecule has 1 fully saturated rings. The van der Waals surface area contributed by atoms with Crippen molar-refractivity contribution in [2.75, 3.05) is 13.7 Å². The van der Waals surface area contributed by atoms with Crippen molar-refractivity contribution in [3.8, 4) is 17.2 Å². The molecule has 3 unspecified atom stereocenters. The van der Waals surface area contributed by atoms with Crippen molar-refractivity contribution < 1.29 is 49.3 Å². The summed E-state index contributed by atoms with van der Waals surface area (Å²) in [7, 11) is 1.35. The summed E-state index contributed by atoms with van der Waals surface area (Å²) >= 11 is 0. The SMILES string of the molecule is COc1cc(O[C@H]2OC(CO)[C@H](O)C(O)C2O)c2c(c1)C(=O)c1cc(C)cc(O)c1C2=O. The van der Waals surface area contributed by atoms with Crippen LogP contribution in [0.2, 0.25) is 0 Å². The molecule has 4 rings (SSSR count). The number of aryl methyl sites for hydroxylation is 1. The van der Waals surface area contributed by atoms with Gasteiger partial charge >= 0.3 is 0 Å². The van der Waals surface area contributed by atoms with E-state index in [1.54, 1.807) is 6.92 Å². The van der Waals surface area contributed by atoms with Crippen LogP contribution in [0.4, 0.5) is 0 Å². The third-order valence-electron chi connectivity index (χ3n) is 5.61. The van der Waals surface area contributed by atoms with Gasteiger partial charge in [-0.1, -0.05) is 0 Å². The number of ketones is 2. The lowest BCUT2D eigenvalue weighted by molar-refractivity contribution is -0.277. The van der Waals surface area contributed by atoms with Gasteiger partial charge in [-0.3, -0.25) is 9.59 Å². The number of aromatic hydroxyl groups is 1. The fourth-order valence-corrected chi connectivity index (χ4v) is 3.96. The van der Waals surface area contributed by atoms with E-state index in [0.717, 1.165) is 0 Å². The maximum Gasteiger partial charge on any atom is 0.229 e. The van der Waals surface area contributed by atoms with Crippen LogP contribution in [0.1, 0.15) is 37.4 Å². The number of methoxy groups -OCH3 is 1. The van der Waals surface area contributed by atoms with Crippen LogP contribution in [0.5, 0.6) is 17.2 Å². The third-order valence-corrected chi connectivity index (χ3v) is 5.61. The monoisotopic (exact) mass is 446 g/mol. The molecule has 0 bridgehead atoms. The largest absolute Gasteiger partial charge is 0.507 e. The first-order valence-electron chi connectivity index (χ1n) is 9.80. The van der Waals surface area contributed by atoms with E-state index in [1.807, 2.05) is 0 Å². The van der Waals surface area contributed by atoms with E-state index in [-0.39, 0.29) is 39.5 Å². The lowest BCUT2D eigenvalue weighted by atomic mass is 9.82. The van der Waals surface area contributed by atoms with Crippen LogP contribution in [0.15, 0.2) is 24.3 Å². The molecule has 0 amide bonds. The van der Waals surface area contributed by atoms with Crippen molar-refractivity contribution in [3.63, 3.8) is 0 Å². The smallest absolute Gasteiger partial charge is 0.229 e. The van der Waals surface area contributed by atoms with Crippen LogP contribution in [-0.4, -0.2) is 81.5 Å². The zero-order chi connectivity index (χ0) is 23.3. The summed E-state index contributed by atoms with van der Waals surface area (Å²) in [6, 6.07) is 5.51. The fraction of sp³-hybridized carbons (Fsp3) is 0.364. The van der Waals surface area contributed by atoms with Crippen molar-refractivity contribution >= 4 is 11.6 Å².